The molecule has 0 aromatic heterocycles. The molecule has 2 saturated heterocycles. The highest BCUT2D eigenvalue weighted by atomic mass is 15.2. The molecule has 0 radical (unpaired) electrons. The van der Waals surface area contributed by atoms with E-state index in [2.05, 4.69) is 18.7 Å². The molecule has 0 saturated carbocycles. The van der Waals surface area contributed by atoms with Gasteiger partial charge in [0.15, 0.2) is 0 Å². The minimum Gasteiger partial charge on any atom is -0.300 e. The number of piperidine rings is 1. The maximum atomic E-state index is 2.83. The van der Waals surface area contributed by atoms with Gasteiger partial charge in [0, 0.05) is 6.04 Å². The Morgan fingerprint density at radius 2 is 1.29 bits per heavy atom. The van der Waals surface area contributed by atoms with Crippen molar-refractivity contribution >= 4 is 0 Å². The van der Waals surface area contributed by atoms with Gasteiger partial charge in [0.05, 0.1) is 0 Å². The molecular formula is C16H31N. The predicted octanol–water partition coefficient (Wildman–Crippen LogP) is 4.47. The van der Waals surface area contributed by atoms with Crippen LogP contribution in [0.2, 0.25) is 0 Å². The van der Waals surface area contributed by atoms with Gasteiger partial charge in [-0.1, -0.05) is 52.4 Å². The highest BCUT2D eigenvalue weighted by molar-refractivity contribution is 4.83. The first-order chi connectivity index (χ1) is 8.29. The Hall–Kier alpha value is -0.0400. The standard InChI is InChI=1S/C16H31N/c1-14-10-6-4-3-5-8-12-17-13-9-7-11-16(17)15(14)2/h14-16H,3-13H2,1-2H3. The molecule has 0 N–H and O–H groups in total. The summed E-state index contributed by atoms with van der Waals surface area (Å²) in [5, 5.41) is 0. The lowest BCUT2D eigenvalue weighted by Gasteiger charge is -2.41. The number of fused-ring (bicyclic) bond motifs is 1. The normalized spacial score (nSPS) is 38.1. The van der Waals surface area contributed by atoms with E-state index in [1.165, 1.54) is 70.9 Å². The average molecular weight is 237 g/mol. The second-order valence-electron chi connectivity index (χ2n) is 6.49. The highest BCUT2D eigenvalue weighted by Gasteiger charge is 2.29. The molecule has 0 amide bonds. The van der Waals surface area contributed by atoms with E-state index in [9.17, 15) is 0 Å². The van der Waals surface area contributed by atoms with Crippen LogP contribution in [0.25, 0.3) is 0 Å². The fourth-order valence-corrected chi connectivity index (χ4v) is 3.84. The first-order valence-electron chi connectivity index (χ1n) is 8.03. The van der Waals surface area contributed by atoms with Gasteiger partial charge in [0.2, 0.25) is 0 Å². The van der Waals surface area contributed by atoms with Crippen LogP contribution in [0.3, 0.4) is 0 Å². The fourth-order valence-electron chi connectivity index (χ4n) is 3.84. The molecule has 0 aromatic carbocycles. The number of nitrogens with zero attached hydrogens (tertiary/aromatic N) is 1. The summed E-state index contributed by atoms with van der Waals surface area (Å²) in [7, 11) is 0. The molecule has 2 aliphatic rings. The van der Waals surface area contributed by atoms with Gasteiger partial charge < -0.3 is 4.90 Å². The first-order valence-corrected chi connectivity index (χ1v) is 8.03. The smallest absolute Gasteiger partial charge is 0.0123 e. The lowest BCUT2D eigenvalue weighted by Crippen LogP contribution is -2.45. The highest BCUT2D eigenvalue weighted by Crippen LogP contribution is 2.31. The van der Waals surface area contributed by atoms with Gasteiger partial charge in [-0.15, -0.1) is 0 Å². The van der Waals surface area contributed by atoms with Crippen LogP contribution in [-0.2, 0) is 0 Å². The van der Waals surface area contributed by atoms with Crippen molar-refractivity contribution in [3.63, 3.8) is 0 Å². The molecule has 2 rings (SSSR count). The SMILES string of the molecule is CC1CCCCCCCN2CCCCC2C1C. The average Bonchev–Trinajstić information content (AvgIpc) is 2.39. The molecule has 2 aliphatic heterocycles. The molecule has 3 unspecified atom stereocenters. The van der Waals surface area contributed by atoms with E-state index >= 15 is 0 Å². The summed E-state index contributed by atoms with van der Waals surface area (Å²) < 4.78 is 0. The summed E-state index contributed by atoms with van der Waals surface area (Å²) >= 11 is 0. The molecule has 3 atom stereocenters. The van der Waals surface area contributed by atoms with Crippen molar-refractivity contribution < 1.29 is 0 Å². The largest absolute Gasteiger partial charge is 0.300 e. The van der Waals surface area contributed by atoms with Crippen LogP contribution < -0.4 is 0 Å². The van der Waals surface area contributed by atoms with E-state index in [1.807, 2.05) is 0 Å². The monoisotopic (exact) mass is 237 g/mol. The quantitative estimate of drug-likeness (QED) is 0.601. The second-order valence-corrected chi connectivity index (χ2v) is 6.49. The minimum absolute atomic E-state index is 0.900. The van der Waals surface area contributed by atoms with Crippen LogP contribution in [0.4, 0.5) is 0 Å². The van der Waals surface area contributed by atoms with E-state index in [4.69, 9.17) is 0 Å². The van der Waals surface area contributed by atoms with Crippen molar-refractivity contribution in [1.82, 2.24) is 4.90 Å². The molecule has 1 heteroatoms. The Labute approximate surface area is 108 Å². The summed E-state index contributed by atoms with van der Waals surface area (Å²) in [6, 6.07) is 0.900. The lowest BCUT2D eigenvalue weighted by atomic mass is 9.81. The van der Waals surface area contributed by atoms with Crippen LogP contribution in [0.15, 0.2) is 0 Å². The van der Waals surface area contributed by atoms with Crippen molar-refractivity contribution in [3.05, 3.63) is 0 Å². The third-order valence-corrected chi connectivity index (χ3v) is 5.27. The summed E-state index contributed by atoms with van der Waals surface area (Å²) in [6.45, 7) is 7.77. The van der Waals surface area contributed by atoms with E-state index < -0.39 is 0 Å². The third-order valence-electron chi connectivity index (χ3n) is 5.27. The van der Waals surface area contributed by atoms with Gasteiger partial charge >= 0.3 is 0 Å². The van der Waals surface area contributed by atoms with Crippen molar-refractivity contribution in [1.29, 1.82) is 0 Å². The fraction of sp³-hybridized carbons (Fsp3) is 1.00. The zero-order valence-electron chi connectivity index (χ0n) is 12.0. The van der Waals surface area contributed by atoms with Crippen LogP contribution in [0.1, 0.15) is 71.6 Å². The van der Waals surface area contributed by atoms with Crippen LogP contribution in [0.5, 0.6) is 0 Å². The maximum absolute atomic E-state index is 2.83. The van der Waals surface area contributed by atoms with Gasteiger partial charge in [-0.05, 0) is 44.2 Å². The summed E-state index contributed by atoms with van der Waals surface area (Å²) in [5.74, 6) is 1.84. The summed E-state index contributed by atoms with van der Waals surface area (Å²) in [4.78, 5) is 2.83. The van der Waals surface area contributed by atoms with Crippen molar-refractivity contribution in [2.45, 2.75) is 77.7 Å². The lowest BCUT2D eigenvalue weighted by molar-refractivity contribution is 0.0806. The van der Waals surface area contributed by atoms with Gasteiger partial charge in [-0.25, -0.2) is 0 Å². The molecule has 1 nitrogen and oxygen atoms in total. The Morgan fingerprint density at radius 1 is 0.706 bits per heavy atom. The van der Waals surface area contributed by atoms with Gasteiger partial charge in [-0.3, -0.25) is 0 Å². The molecule has 0 bridgehead atoms. The Balaban J connectivity index is 2.00. The van der Waals surface area contributed by atoms with E-state index in [0.29, 0.717) is 0 Å². The molecule has 2 heterocycles. The number of hydrogen-bond acceptors (Lipinski definition) is 1. The predicted molar refractivity (Wildman–Crippen MR) is 75.2 cm³/mol. The Bertz CT molecular complexity index is 212. The summed E-state index contributed by atoms with van der Waals surface area (Å²) in [5.41, 5.74) is 0. The topological polar surface area (TPSA) is 3.24 Å². The molecule has 100 valence electrons. The third kappa shape index (κ3) is 3.71. The molecule has 2 fully saturated rings. The van der Waals surface area contributed by atoms with Crippen molar-refractivity contribution in [2.75, 3.05) is 13.1 Å². The number of rotatable bonds is 0. The Morgan fingerprint density at radius 3 is 2.12 bits per heavy atom. The van der Waals surface area contributed by atoms with E-state index in [0.717, 1.165) is 17.9 Å². The zero-order valence-corrected chi connectivity index (χ0v) is 12.0. The van der Waals surface area contributed by atoms with Gasteiger partial charge in [0.25, 0.3) is 0 Å². The summed E-state index contributed by atoms with van der Waals surface area (Å²) in [6.07, 6.45) is 13.2. The van der Waals surface area contributed by atoms with Crippen LogP contribution in [0, 0.1) is 11.8 Å². The number of hydrogen-bond donors (Lipinski definition) is 0. The van der Waals surface area contributed by atoms with Crippen LogP contribution in [-0.4, -0.2) is 24.0 Å². The van der Waals surface area contributed by atoms with Gasteiger partial charge in [-0.2, -0.15) is 0 Å². The second kappa shape index (κ2) is 6.78. The molecule has 0 spiro atoms. The molecule has 0 aliphatic carbocycles. The minimum atomic E-state index is 0.900. The van der Waals surface area contributed by atoms with E-state index in [-0.39, 0.29) is 0 Å². The van der Waals surface area contributed by atoms with Crippen molar-refractivity contribution in [3.8, 4) is 0 Å². The molecular weight excluding hydrogens is 206 g/mol. The van der Waals surface area contributed by atoms with Gasteiger partial charge in [0.1, 0.15) is 0 Å². The molecule has 17 heavy (non-hydrogen) atoms. The Kier molecular flexibility index (Phi) is 5.34. The first kappa shape index (κ1) is 13.4. The zero-order chi connectivity index (χ0) is 12.1. The van der Waals surface area contributed by atoms with Crippen molar-refractivity contribution in [2.24, 2.45) is 11.8 Å². The van der Waals surface area contributed by atoms with E-state index in [1.54, 1.807) is 0 Å². The van der Waals surface area contributed by atoms with Crippen LogP contribution >= 0.6 is 0 Å². The molecule has 0 aromatic rings. The maximum Gasteiger partial charge on any atom is 0.0123 e.